The molecule has 0 aliphatic carbocycles. The van der Waals surface area contributed by atoms with E-state index in [4.69, 9.17) is 4.42 Å². The van der Waals surface area contributed by atoms with Crippen LogP contribution in [0.3, 0.4) is 0 Å². The van der Waals surface area contributed by atoms with Gasteiger partial charge in [-0.3, -0.25) is 4.79 Å². The van der Waals surface area contributed by atoms with Gasteiger partial charge in [0.25, 0.3) is 0 Å². The molecular weight excluding hydrogens is 381 g/mol. The molecule has 0 N–H and O–H groups in total. The summed E-state index contributed by atoms with van der Waals surface area (Å²) in [6.07, 6.45) is 0.138. The molecular formula is C17H17BrFNO4. The molecule has 2 aromatic rings. The van der Waals surface area contributed by atoms with Crippen molar-refractivity contribution < 1.29 is 23.1 Å². The second-order valence-corrected chi connectivity index (χ2v) is 6.20. The largest absolute Gasteiger partial charge is 0.465 e. The van der Waals surface area contributed by atoms with Gasteiger partial charge in [0.05, 0.1) is 24.5 Å². The van der Waals surface area contributed by atoms with Gasteiger partial charge in [-0.15, -0.1) is 0 Å². The third-order valence-electron chi connectivity index (χ3n) is 3.53. The third kappa shape index (κ3) is 4.23. The van der Waals surface area contributed by atoms with E-state index in [2.05, 4.69) is 20.7 Å². The minimum atomic E-state index is -0.479. The van der Waals surface area contributed by atoms with E-state index in [0.29, 0.717) is 27.1 Å². The highest BCUT2D eigenvalue weighted by molar-refractivity contribution is 9.10. The Morgan fingerprint density at radius 2 is 2.04 bits per heavy atom. The average molecular weight is 398 g/mol. The normalized spacial score (nSPS) is 10.5. The Morgan fingerprint density at radius 3 is 2.67 bits per heavy atom. The van der Waals surface area contributed by atoms with E-state index >= 15 is 0 Å². The zero-order valence-electron chi connectivity index (χ0n) is 13.6. The number of likely N-dealkylation sites (N-methyl/N-ethyl adjacent to an activating group) is 1. The molecule has 1 amide bonds. The SMILES string of the molecule is COC(=O)c1cc(CN(C)C(=O)Cc2ccc(F)c(Br)c2)oc1C. The zero-order valence-corrected chi connectivity index (χ0v) is 15.1. The number of rotatable bonds is 5. The van der Waals surface area contributed by atoms with E-state index in [1.165, 1.54) is 18.1 Å². The molecule has 1 aromatic carbocycles. The maximum absolute atomic E-state index is 13.2. The van der Waals surface area contributed by atoms with Gasteiger partial charge in [-0.05, 0) is 46.6 Å². The second kappa shape index (κ2) is 7.61. The third-order valence-corrected chi connectivity index (χ3v) is 4.14. The van der Waals surface area contributed by atoms with Crippen molar-refractivity contribution in [2.45, 2.75) is 19.9 Å². The molecule has 128 valence electrons. The monoisotopic (exact) mass is 397 g/mol. The molecule has 0 unspecified atom stereocenters. The van der Waals surface area contributed by atoms with Crippen molar-refractivity contribution in [3.63, 3.8) is 0 Å². The van der Waals surface area contributed by atoms with Gasteiger partial charge in [-0.2, -0.15) is 0 Å². The molecule has 0 atom stereocenters. The average Bonchev–Trinajstić information content (AvgIpc) is 2.90. The van der Waals surface area contributed by atoms with Crippen LogP contribution in [-0.4, -0.2) is 30.9 Å². The summed E-state index contributed by atoms with van der Waals surface area (Å²) in [5, 5.41) is 0. The van der Waals surface area contributed by atoms with Crippen molar-refractivity contribution >= 4 is 27.8 Å². The Kier molecular flexibility index (Phi) is 5.77. The minimum Gasteiger partial charge on any atom is -0.465 e. The number of carbonyl (C=O) groups is 2. The number of nitrogens with zero attached hydrogens (tertiary/aromatic N) is 1. The van der Waals surface area contributed by atoms with Crippen LogP contribution < -0.4 is 0 Å². The Morgan fingerprint density at radius 1 is 1.33 bits per heavy atom. The van der Waals surface area contributed by atoms with Crippen LogP contribution in [0.1, 0.15) is 27.4 Å². The Labute approximate surface area is 147 Å². The van der Waals surface area contributed by atoms with Gasteiger partial charge in [0.2, 0.25) is 5.91 Å². The highest BCUT2D eigenvalue weighted by Crippen LogP contribution is 2.19. The first-order valence-electron chi connectivity index (χ1n) is 7.17. The summed E-state index contributed by atoms with van der Waals surface area (Å²) in [5.74, 6) is -0.0695. The number of furan rings is 1. The molecule has 0 radical (unpaired) electrons. The lowest BCUT2D eigenvalue weighted by atomic mass is 10.1. The van der Waals surface area contributed by atoms with Crippen LogP contribution in [-0.2, 0) is 22.5 Å². The summed E-state index contributed by atoms with van der Waals surface area (Å²) < 4.78 is 23.7. The Hall–Kier alpha value is -2.15. The van der Waals surface area contributed by atoms with E-state index in [1.807, 2.05) is 0 Å². The number of hydrogen-bond donors (Lipinski definition) is 0. The van der Waals surface area contributed by atoms with Gasteiger partial charge in [0, 0.05) is 7.05 Å². The number of amides is 1. The Bertz CT molecular complexity index is 772. The molecule has 7 heteroatoms. The molecule has 24 heavy (non-hydrogen) atoms. The van der Waals surface area contributed by atoms with Gasteiger partial charge in [-0.25, -0.2) is 9.18 Å². The lowest BCUT2D eigenvalue weighted by molar-refractivity contribution is -0.129. The highest BCUT2D eigenvalue weighted by Gasteiger charge is 2.18. The van der Waals surface area contributed by atoms with Crippen molar-refractivity contribution in [3.05, 3.63) is 57.2 Å². The van der Waals surface area contributed by atoms with Crippen LogP contribution in [0, 0.1) is 12.7 Å². The second-order valence-electron chi connectivity index (χ2n) is 5.35. The van der Waals surface area contributed by atoms with E-state index < -0.39 is 5.97 Å². The maximum Gasteiger partial charge on any atom is 0.341 e. The topological polar surface area (TPSA) is 59.8 Å². The zero-order chi connectivity index (χ0) is 17.9. The maximum atomic E-state index is 13.2. The van der Waals surface area contributed by atoms with Crippen LogP contribution >= 0.6 is 15.9 Å². The summed E-state index contributed by atoms with van der Waals surface area (Å²) in [6, 6.07) is 6.02. The van der Waals surface area contributed by atoms with Crippen LogP contribution in [0.2, 0.25) is 0 Å². The standard InChI is InChI=1S/C17H17BrFNO4/c1-10-13(17(22)23-3)8-12(24-10)9-20(2)16(21)7-11-4-5-15(19)14(18)6-11/h4-6,8H,7,9H2,1-3H3. The quantitative estimate of drug-likeness (QED) is 0.724. The molecule has 0 aliphatic heterocycles. The van der Waals surface area contributed by atoms with E-state index in [1.54, 1.807) is 32.2 Å². The van der Waals surface area contributed by atoms with Gasteiger partial charge < -0.3 is 14.1 Å². The fourth-order valence-corrected chi connectivity index (χ4v) is 2.64. The smallest absolute Gasteiger partial charge is 0.341 e. The van der Waals surface area contributed by atoms with Gasteiger partial charge in [-0.1, -0.05) is 6.07 Å². The van der Waals surface area contributed by atoms with Crippen molar-refractivity contribution in [2.24, 2.45) is 0 Å². The van der Waals surface area contributed by atoms with Crippen molar-refractivity contribution in [2.75, 3.05) is 14.2 Å². The first kappa shape index (κ1) is 18.2. The number of hydrogen-bond acceptors (Lipinski definition) is 4. The van der Waals surface area contributed by atoms with Crippen molar-refractivity contribution in [1.29, 1.82) is 0 Å². The van der Waals surface area contributed by atoms with Gasteiger partial charge in [0.1, 0.15) is 22.9 Å². The number of carbonyl (C=O) groups excluding carboxylic acids is 2. The molecule has 1 aromatic heterocycles. The molecule has 0 spiro atoms. The minimum absolute atomic E-state index is 0.138. The summed E-state index contributed by atoms with van der Waals surface area (Å²) in [7, 11) is 2.93. The molecule has 0 fully saturated rings. The van der Waals surface area contributed by atoms with E-state index in [0.717, 1.165) is 0 Å². The van der Waals surface area contributed by atoms with Crippen molar-refractivity contribution in [1.82, 2.24) is 4.90 Å². The first-order valence-corrected chi connectivity index (χ1v) is 7.96. The molecule has 2 rings (SSSR count). The van der Waals surface area contributed by atoms with Crippen molar-refractivity contribution in [3.8, 4) is 0 Å². The van der Waals surface area contributed by atoms with Gasteiger partial charge >= 0.3 is 5.97 Å². The summed E-state index contributed by atoms with van der Waals surface area (Å²) in [4.78, 5) is 25.3. The Balaban J connectivity index is 2.03. The van der Waals surface area contributed by atoms with Crippen LogP contribution in [0.25, 0.3) is 0 Å². The number of aryl methyl sites for hydroxylation is 1. The fraction of sp³-hybridized carbons (Fsp3) is 0.294. The fourth-order valence-electron chi connectivity index (χ4n) is 2.22. The first-order chi connectivity index (χ1) is 11.3. The number of esters is 1. The molecule has 1 heterocycles. The highest BCUT2D eigenvalue weighted by atomic mass is 79.9. The number of benzene rings is 1. The molecule has 0 bridgehead atoms. The lowest BCUT2D eigenvalue weighted by Gasteiger charge is -2.16. The number of halogens is 2. The van der Waals surface area contributed by atoms with Crippen LogP contribution in [0.4, 0.5) is 4.39 Å². The molecule has 0 saturated carbocycles. The molecule has 0 aliphatic rings. The predicted octanol–water partition coefficient (Wildman–Crippen LogP) is 3.48. The van der Waals surface area contributed by atoms with Crippen LogP contribution in [0.5, 0.6) is 0 Å². The summed E-state index contributed by atoms with van der Waals surface area (Å²) in [5.41, 5.74) is 1.04. The number of methoxy groups -OCH3 is 1. The van der Waals surface area contributed by atoms with E-state index in [-0.39, 0.29) is 24.7 Å². The summed E-state index contributed by atoms with van der Waals surface area (Å²) >= 11 is 3.10. The van der Waals surface area contributed by atoms with Gasteiger partial charge in [0.15, 0.2) is 0 Å². The molecule has 0 saturated heterocycles. The predicted molar refractivity (Wildman–Crippen MR) is 89.1 cm³/mol. The van der Waals surface area contributed by atoms with Crippen LogP contribution in [0.15, 0.2) is 33.2 Å². The molecule has 5 nitrogen and oxygen atoms in total. The number of ether oxygens (including phenoxy) is 1. The summed E-state index contributed by atoms with van der Waals surface area (Å²) in [6.45, 7) is 1.88. The van der Waals surface area contributed by atoms with E-state index in [9.17, 15) is 14.0 Å². The lowest BCUT2D eigenvalue weighted by Crippen LogP contribution is -2.27.